The number of hydrogen-bond donors (Lipinski definition) is 1. The SMILES string of the molecule is O=C(/C=C/c1cnn(-c2cccc(F)c2)c1)NC(Cc1ccccn1)c1cc(Cl)ccn1. The van der Waals surface area contributed by atoms with E-state index < -0.39 is 6.04 Å². The third kappa shape index (κ3) is 5.65. The van der Waals surface area contributed by atoms with Gasteiger partial charge in [-0.05, 0) is 48.5 Å². The number of amides is 1. The van der Waals surface area contributed by atoms with Crippen LogP contribution in [0.4, 0.5) is 4.39 Å². The summed E-state index contributed by atoms with van der Waals surface area (Å²) >= 11 is 6.12. The summed E-state index contributed by atoms with van der Waals surface area (Å²) in [6, 6.07) is 14.7. The number of nitrogens with zero attached hydrogens (tertiary/aromatic N) is 4. The van der Waals surface area contributed by atoms with Crippen molar-refractivity contribution in [3.8, 4) is 5.69 Å². The van der Waals surface area contributed by atoms with Crippen LogP contribution in [0.1, 0.15) is 23.0 Å². The highest BCUT2D eigenvalue weighted by atomic mass is 35.5. The quantitative estimate of drug-likeness (QED) is 0.421. The summed E-state index contributed by atoms with van der Waals surface area (Å²) in [7, 11) is 0. The second-order valence-corrected chi connectivity index (χ2v) is 7.45. The maximum absolute atomic E-state index is 13.4. The molecule has 8 heteroatoms. The monoisotopic (exact) mass is 447 g/mol. The molecule has 0 aliphatic heterocycles. The molecule has 0 aliphatic rings. The Morgan fingerprint density at radius 1 is 1.12 bits per heavy atom. The van der Waals surface area contributed by atoms with Gasteiger partial charge in [0.25, 0.3) is 0 Å². The van der Waals surface area contributed by atoms with Crippen molar-refractivity contribution in [2.24, 2.45) is 0 Å². The van der Waals surface area contributed by atoms with Crippen molar-refractivity contribution in [1.82, 2.24) is 25.1 Å². The van der Waals surface area contributed by atoms with E-state index in [2.05, 4.69) is 20.4 Å². The normalized spacial score (nSPS) is 12.1. The summed E-state index contributed by atoms with van der Waals surface area (Å²) in [6.45, 7) is 0. The van der Waals surface area contributed by atoms with E-state index in [0.29, 0.717) is 28.4 Å². The molecular weight excluding hydrogens is 429 g/mol. The molecule has 4 rings (SSSR count). The molecule has 1 N–H and O–H groups in total. The van der Waals surface area contributed by atoms with Crippen molar-refractivity contribution < 1.29 is 9.18 Å². The Hall–Kier alpha value is -3.84. The topological polar surface area (TPSA) is 72.7 Å². The van der Waals surface area contributed by atoms with E-state index in [9.17, 15) is 9.18 Å². The number of carbonyl (C=O) groups excluding carboxylic acids is 1. The van der Waals surface area contributed by atoms with Crippen LogP contribution in [0, 0.1) is 5.82 Å². The highest BCUT2D eigenvalue weighted by molar-refractivity contribution is 6.30. The Bertz CT molecular complexity index is 1240. The van der Waals surface area contributed by atoms with Crippen LogP contribution in [0.15, 0.2) is 85.5 Å². The molecule has 0 saturated heterocycles. The number of carbonyl (C=O) groups is 1. The molecule has 0 radical (unpaired) electrons. The summed E-state index contributed by atoms with van der Waals surface area (Å²) in [5.74, 6) is -0.644. The molecule has 1 amide bonds. The zero-order chi connectivity index (χ0) is 22.3. The minimum atomic E-state index is -0.407. The van der Waals surface area contributed by atoms with E-state index in [1.54, 1.807) is 59.8 Å². The predicted octanol–water partition coefficient (Wildman–Crippen LogP) is 4.57. The first kappa shape index (κ1) is 21.4. The number of aromatic nitrogens is 4. The summed E-state index contributed by atoms with van der Waals surface area (Å²) < 4.78 is 15.0. The van der Waals surface area contributed by atoms with E-state index in [4.69, 9.17) is 11.6 Å². The van der Waals surface area contributed by atoms with Gasteiger partial charge in [0.05, 0.1) is 23.6 Å². The molecule has 1 aromatic carbocycles. The maximum Gasteiger partial charge on any atom is 0.244 e. The zero-order valence-electron chi connectivity index (χ0n) is 16.9. The number of halogens is 2. The highest BCUT2D eigenvalue weighted by Crippen LogP contribution is 2.19. The predicted molar refractivity (Wildman–Crippen MR) is 121 cm³/mol. The molecule has 0 bridgehead atoms. The van der Waals surface area contributed by atoms with Crippen LogP contribution in [0.2, 0.25) is 5.02 Å². The van der Waals surface area contributed by atoms with Gasteiger partial charge in [0.2, 0.25) is 5.91 Å². The lowest BCUT2D eigenvalue weighted by atomic mass is 10.1. The molecule has 1 atom stereocenters. The van der Waals surface area contributed by atoms with Gasteiger partial charge in [-0.15, -0.1) is 0 Å². The minimum Gasteiger partial charge on any atom is -0.344 e. The molecule has 160 valence electrons. The van der Waals surface area contributed by atoms with E-state index in [1.165, 1.54) is 18.2 Å². The minimum absolute atomic E-state index is 0.300. The average Bonchev–Trinajstić information content (AvgIpc) is 3.27. The molecule has 3 aromatic heterocycles. The van der Waals surface area contributed by atoms with Crippen molar-refractivity contribution >= 4 is 23.6 Å². The Kier molecular flexibility index (Phi) is 6.67. The van der Waals surface area contributed by atoms with E-state index in [1.807, 2.05) is 18.2 Å². The van der Waals surface area contributed by atoms with Gasteiger partial charge in [-0.2, -0.15) is 5.10 Å². The number of hydrogen-bond acceptors (Lipinski definition) is 4. The lowest BCUT2D eigenvalue weighted by molar-refractivity contribution is -0.117. The van der Waals surface area contributed by atoms with Gasteiger partial charge in [0, 0.05) is 47.4 Å². The third-order valence-corrected chi connectivity index (χ3v) is 4.89. The smallest absolute Gasteiger partial charge is 0.244 e. The number of benzene rings is 1. The molecule has 1 unspecified atom stereocenters. The lowest BCUT2D eigenvalue weighted by Gasteiger charge is -2.17. The molecule has 3 heterocycles. The summed E-state index contributed by atoms with van der Waals surface area (Å²) in [6.07, 6.45) is 10.1. The van der Waals surface area contributed by atoms with Gasteiger partial charge in [-0.1, -0.05) is 23.7 Å². The molecule has 32 heavy (non-hydrogen) atoms. The van der Waals surface area contributed by atoms with Gasteiger partial charge in [0.15, 0.2) is 0 Å². The van der Waals surface area contributed by atoms with Crippen molar-refractivity contribution in [1.29, 1.82) is 0 Å². The van der Waals surface area contributed by atoms with Crippen molar-refractivity contribution in [2.45, 2.75) is 12.5 Å². The van der Waals surface area contributed by atoms with Crippen LogP contribution in [0.25, 0.3) is 11.8 Å². The van der Waals surface area contributed by atoms with Gasteiger partial charge in [0.1, 0.15) is 5.82 Å². The maximum atomic E-state index is 13.4. The fourth-order valence-electron chi connectivity index (χ4n) is 3.14. The molecule has 0 aliphatic carbocycles. The molecule has 6 nitrogen and oxygen atoms in total. The Labute approximate surface area is 189 Å². The van der Waals surface area contributed by atoms with Gasteiger partial charge >= 0.3 is 0 Å². The second kappa shape index (κ2) is 9.98. The van der Waals surface area contributed by atoms with E-state index in [0.717, 1.165) is 5.69 Å². The van der Waals surface area contributed by atoms with Gasteiger partial charge in [-0.3, -0.25) is 14.8 Å². The number of nitrogens with one attached hydrogen (secondary N) is 1. The van der Waals surface area contributed by atoms with Crippen LogP contribution in [0.3, 0.4) is 0 Å². The first-order chi connectivity index (χ1) is 15.6. The standard InChI is InChI=1S/C24H19ClFN5O/c25-18-9-11-28-22(12-18)23(14-20-5-1-2-10-27-20)30-24(32)8-7-17-15-29-31(16-17)21-6-3-4-19(26)13-21/h1-13,15-16,23H,14H2,(H,30,32)/b8-7+. The molecule has 0 fully saturated rings. The van der Waals surface area contributed by atoms with Crippen molar-refractivity contribution in [3.05, 3.63) is 113 Å². The molecule has 0 spiro atoms. The van der Waals surface area contributed by atoms with Crippen LogP contribution < -0.4 is 5.32 Å². The van der Waals surface area contributed by atoms with Crippen LogP contribution in [0.5, 0.6) is 0 Å². The Morgan fingerprint density at radius 3 is 2.81 bits per heavy atom. The number of rotatable bonds is 7. The van der Waals surface area contributed by atoms with Crippen LogP contribution in [-0.2, 0) is 11.2 Å². The van der Waals surface area contributed by atoms with Crippen LogP contribution in [-0.4, -0.2) is 25.7 Å². The number of pyridine rings is 2. The van der Waals surface area contributed by atoms with Gasteiger partial charge in [-0.25, -0.2) is 9.07 Å². The summed E-state index contributed by atoms with van der Waals surface area (Å²) in [5, 5.41) is 7.71. The summed E-state index contributed by atoms with van der Waals surface area (Å²) in [4.78, 5) is 21.3. The fraction of sp³-hybridized carbons (Fsp3) is 0.0833. The van der Waals surface area contributed by atoms with E-state index >= 15 is 0 Å². The largest absolute Gasteiger partial charge is 0.344 e. The fourth-order valence-corrected chi connectivity index (χ4v) is 3.31. The molecule has 4 aromatic rings. The first-order valence-electron chi connectivity index (χ1n) is 9.87. The molecular formula is C24H19ClFN5O. The Morgan fingerprint density at radius 2 is 2.03 bits per heavy atom. The van der Waals surface area contributed by atoms with Crippen molar-refractivity contribution in [2.75, 3.05) is 0 Å². The van der Waals surface area contributed by atoms with E-state index in [-0.39, 0.29) is 11.7 Å². The lowest BCUT2D eigenvalue weighted by Crippen LogP contribution is -2.29. The van der Waals surface area contributed by atoms with Crippen LogP contribution >= 0.6 is 11.6 Å². The summed E-state index contributed by atoms with van der Waals surface area (Å²) in [5.41, 5.74) is 2.76. The van der Waals surface area contributed by atoms with Gasteiger partial charge < -0.3 is 5.32 Å². The zero-order valence-corrected chi connectivity index (χ0v) is 17.7. The highest BCUT2D eigenvalue weighted by Gasteiger charge is 2.17. The Balaban J connectivity index is 1.48. The third-order valence-electron chi connectivity index (χ3n) is 4.66. The van der Waals surface area contributed by atoms with Crippen molar-refractivity contribution in [3.63, 3.8) is 0 Å². The average molecular weight is 448 g/mol. The first-order valence-corrected chi connectivity index (χ1v) is 10.3. The molecule has 0 saturated carbocycles. The second-order valence-electron chi connectivity index (χ2n) is 7.02.